The molecular weight excluding hydrogens is 362 g/mol. The Morgan fingerprint density at radius 1 is 1.25 bits per heavy atom. The normalized spacial score (nSPS) is 22.4. The number of rotatable bonds is 5. The molecule has 8 heteroatoms. The van der Waals surface area contributed by atoms with Crippen LogP contribution in [-0.4, -0.2) is 32.5 Å². The van der Waals surface area contributed by atoms with E-state index >= 15 is 0 Å². The van der Waals surface area contributed by atoms with Crippen LogP contribution in [0.3, 0.4) is 0 Å². The predicted octanol–water partition coefficient (Wildman–Crippen LogP) is 1.90. The number of nitrogens with zero attached hydrogens (tertiary/aromatic N) is 2. The molecule has 8 nitrogen and oxygen atoms in total. The first-order chi connectivity index (χ1) is 13.6. The maximum Gasteiger partial charge on any atom is 0.295 e. The zero-order valence-electron chi connectivity index (χ0n) is 14.8. The Bertz CT molecular complexity index is 1110. The van der Waals surface area contributed by atoms with Crippen molar-refractivity contribution in [1.82, 2.24) is 9.97 Å². The molecule has 2 unspecified atom stereocenters. The lowest BCUT2D eigenvalue weighted by molar-refractivity contribution is -0.139. The predicted molar refractivity (Wildman–Crippen MR) is 97.2 cm³/mol. The minimum absolute atomic E-state index is 0.174. The van der Waals surface area contributed by atoms with Crippen molar-refractivity contribution in [3.8, 4) is 0 Å². The van der Waals surface area contributed by atoms with E-state index in [1.54, 1.807) is 36.7 Å². The summed E-state index contributed by atoms with van der Waals surface area (Å²) in [5, 5.41) is 9.33. The molecule has 2 fully saturated rings. The summed E-state index contributed by atoms with van der Waals surface area (Å²) in [6.07, 6.45) is 3.02. The Balaban J connectivity index is 1.64. The van der Waals surface area contributed by atoms with Gasteiger partial charge in [-0.2, -0.15) is 0 Å². The maximum absolute atomic E-state index is 12.9. The summed E-state index contributed by atoms with van der Waals surface area (Å²) in [6, 6.07) is 7.48. The summed E-state index contributed by atoms with van der Waals surface area (Å²) in [7, 11) is 0. The van der Waals surface area contributed by atoms with Gasteiger partial charge in [-0.3, -0.25) is 19.3 Å². The third-order valence-electron chi connectivity index (χ3n) is 5.40. The highest BCUT2D eigenvalue weighted by molar-refractivity contribution is 6.48. The van der Waals surface area contributed by atoms with Crippen molar-refractivity contribution >= 4 is 34.2 Å². The zero-order chi connectivity index (χ0) is 19.4. The number of carbonyl (C=O) groups excluding carboxylic acids is 3. The van der Waals surface area contributed by atoms with Crippen LogP contribution in [0, 0.1) is 11.8 Å². The van der Waals surface area contributed by atoms with Crippen LogP contribution in [0.25, 0.3) is 11.0 Å². The van der Waals surface area contributed by atoms with E-state index in [0.717, 1.165) is 18.4 Å². The van der Waals surface area contributed by atoms with Crippen LogP contribution < -0.4 is 4.90 Å². The Morgan fingerprint density at radius 2 is 2.07 bits per heavy atom. The number of amides is 1. The van der Waals surface area contributed by atoms with E-state index in [-0.39, 0.29) is 18.3 Å². The van der Waals surface area contributed by atoms with Crippen LogP contribution in [0.15, 0.2) is 41.1 Å². The molecule has 1 aliphatic carbocycles. The second kappa shape index (κ2) is 6.13. The lowest BCUT2D eigenvalue weighted by Crippen LogP contribution is -2.30. The van der Waals surface area contributed by atoms with Crippen molar-refractivity contribution in [2.45, 2.75) is 25.5 Å². The van der Waals surface area contributed by atoms with E-state index in [9.17, 15) is 19.5 Å². The molecule has 1 aliphatic heterocycles. The molecule has 3 heterocycles. The Kier molecular flexibility index (Phi) is 3.70. The lowest BCUT2D eigenvalue weighted by Gasteiger charge is -2.25. The molecule has 2 N–H and O–H groups in total. The highest BCUT2D eigenvalue weighted by Gasteiger charge is 2.55. The van der Waals surface area contributed by atoms with Gasteiger partial charge in [0.1, 0.15) is 35.9 Å². The van der Waals surface area contributed by atoms with Crippen LogP contribution in [0.2, 0.25) is 0 Å². The molecule has 1 saturated carbocycles. The number of aliphatic hydroxyl groups is 1. The van der Waals surface area contributed by atoms with E-state index in [4.69, 9.17) is 4.42 Å². The average Bonchev–Trinajstić information content (AvgIpc) is 3.16. The van der Waals surface area contributed by atoms with Crippen molar-refractivity contribution in [2.75, 3.05) is 4.90 Å². The SMILES string of the molecule is O=C1C(=O)N(c2ccc3nc[nH]c3c2)C(c2ccc(CO)o2)C1C(=O)C1CC1. The number of aliphatic hydroxyl groups excluding tert-OH is 1. The summed E-state index contributed by atoms with van der Waals surface area (Å²) in [5.41, 5.74) is 1.92. The summed E-state index contributed by atoms with van der Waals surface area (Å²) in [5.74, 6) is -2.31. The van der Waals surface area contributed by atoms with E-state index in [1.807, 2.05) is 0 Å². The fraction of sp³-hybridized carbons (Fsp3) is 0.300. The van der Waals surface area contributed by atoms with Gasteiger partial charge >= 0.3 is 0 Å². The van der Waals surface area contributed by atoms with Crippen LogP contribution in [0.5, 0.6) is 0 Å². The van der Waals surface area contributed by atoms with Gasteiger partial charge in [-0.05, 0) is 43.2 Å². The van der Waals surface area contributed by atoms with Crippen LogP contribution >= 0.6 is 0 Å². The maximum atomic E-state index is 12.9. The largest absolute Gasteiger partial charge is 0.461 e. The molecule has 2 aliphatic rings. The molecule has 1 amide bonds. The van der Waals surface area contributed by atoms with Crippen molar-refractivity contribution in [3.63, 3.8) is 0 Å². The number of hydrogen-bond donors (Lipinski definition) is 2. The number of carbonyl (C=O) groups is 3. The third kappa shape index (κ3) is 2.49. The standard InChI is InChI=1S/C20H17N3O5/c24-8-12-4-6-15(28-12)17-16(18(25)10-1-2-10)19(26)20(27)23(17)11-3-5-13-14(7-11)22-9-21-13/h3-7,9-10,16-17,24H,1-2,8H2,(H,21,22). The summed E-state index contributed by atoms with van der Waals surface area (Å²) < 4.78 is 5.65. The highest BCUT2D eigenvalue weighted by atomic mass is 16.4. The second-order valence-electron chi connectivity index (χ2n) is 7.20. The quantitative estimate of drug-likeness (QED) is 0.517. The van der Waals surface area contributed by atoms with Gasteiger partial charge in [0.25, 0.3) is 5.91 Å². The number of aromatic nitrogens is 2. The Labute approximate surface area is 159 Å². The molecule has 3 aromatic rings. The van der Waals surface area contributed by atoms with Crippen molar-refractivity contribution in [1.29, 1.82) is 0 Å². The first-order valence-corrected chi connectivity index (χ1v) is 9.12. The molecule has 142 valence electrons. The fourth-order valence-corrected chi connectivity index (χ4v) is 3.86. The molecule has 28 heavy (non-hydrogen) atoms. The molecule has 0 bridgehead atoms. The minimum Gasteiger partial charge on any atom is -0.461 e. The van der Waals surface area contributed by atoms with E-state index in [0.29, 0.717) is 22.7 Å². The smallest absolute Gasteiger partial charge is 0.295 e. The highest BCUT2D eigenvalue weighted by Crippen LogP contribution is 2.45. The van der Waals surface area contributed by atoms with Gasteiger partial charge in [0.2, 0.25) is 5.78 Å². The number of aromatic amines is 1. The van der Waals surface area contributed by atoms with Crippen LogP contribution in [-0.2, 0) is 21.0 Å². The number of hydrogen-bond acceptors (Lipinski definition) is 6. The van der Waals surface area contributed by atoms with E-state index in [2.05, 4.69) is 9.97 Å². The first-order valence-electron chi connectivity index (χ1n) is 9.12. The molecule has 2 atom stereocenters. The number of anilines is 1. The van der Waals surface area contributed by atoms with Crippen molar-refractivity contribution < 1.29 is 23.9 Å². The Morgan fingerprint density at radius 3 is 2.79 bits per heavy atom. The van der Waals surface area contributed by atoms with Gasteiger partial charge in [-0.1, -0.05) is 0 Å². The summed E-state index contributed by atoms with van der Waals surface area (Å²) >= 11 is 0. The van der Waals surface area contributed by atoms with E-state index < -0.39 is 23.7 Å². The van der Waals surface area contributed by atoms with Crippen LogP contribution in [0.1, 0.15) is 30.4 Å². The van der Waals surface area contributed by atoms with Gasteiger partial charge in [-0.15, -0.1) is 0 Å². The molecule has 1 aromatic carbocycles. The number of furan rings is 1. The molecule has 1 saturated heterocycles. The minimum atomic E-state index is -1.10. The zero-order valence-corrected chi connectivity index (χ0v) is 14.8. The van der Waals surface area contributed by atoms with Gasteiger partial charge in [-0.25, -0.2) is 4.98 Å². The monoisotopic (exact) mass is 379 g/mol. The first kappa shape index (κ1) is 16.9. The number of ketones is 2. The van der Waals surface area contributed by atoms with Gasteiger partial charge < -0.3 is 14.5 Å². The van der Waals surface area contributed by atoms with Gasteiger partial charge in [0.15, 0.2) is 0 Å². The van der Waals surface area contributed by atoms with E-state index in [1.165, 1.54) is 4.90 Å². The number of benzene rings is 1. The number of H-pyrrole nitrogens is 1. The van der Waals surface area contributed by atoms with Crippen molar-refractivity contribution in [3.05, 3.63) is 48.2 Å². The topological polar surface area (TPSA) is 116 Å². The molecule has 0 radical (unpaired) electrons. The lowest BCUT2D eigenvalue weighted by atomic mass is 9.90. The molecular formula is C20H17N3O5. The molecule has 5 rings (SSSR count). The number of fused-ring (bicyclic) bond motifs is 1. The fourth-order valence-electron chi connectivity index (χ4n) is 3.86. The number of imidazole rings is 1. The van der Waals surface area contributed by atoms with Gasteiger partial charge in [0, 0.05) is 11.6 Å². The number of nitrogens with one attached hydrogen (secondary N) is 1. The Hall–Kier alpha value is -3.26. The molecule has 0 spiro atoms. The van der Waals surface area contributed by atoms with Crippen LogP contribution in [0.4, 0.5) is 5.69 Å². The summed E-state index contributed by atoms with van der Waals surface area (Å²) in [6.45, 7) is -0.310. The van der Waals surface area contributed by atoms with Gasteiger partial charge in [0.05, 0.1) is 17.4 Å². The summed E-state index contributed by atoms with van der Waals surface area (Å²) in [4.78, 5) is 47.1. The average molecular weight is 379 g/mol. The number of Topliss-reactive ketones (excluding diaryl/α,β-unsaturated/α-hetero) is 2. The third-order valence-corrected chi connectivity index (χ3v) is 5.40. The molecule has 2 aromatic heterocycles. The second-order valence-corrected chi connectivity index (χ2v) is 7.20. The van der Waals surface area contributed by atoms with Crippen molar-refractivity contribution in [2.24, 2.45) is 11.8 Å².